The Hall–Kier alpha value is -3.16. The molecule has 1 amide bonds. The van der Waals surface area contributed by atoms with E-state index < -0.39 is 5.92 Å². The van der Waals surface area contributed by atoms with Crippen LogP contribution in [0.25, 0.3) is 0 Å². The van der Waals surface area contributed by atoms with E-state index >= 15 is 0 Å². The van der Waals surface area contributed by atoms with Crippen molar-refractivity contribution in [3.63, 3.8) is 0 Å². The number of nitrogens with zero attached hydrogens (tertiary/aromatic N) is 4. The monoisotopic (exact) mass is 408 g/mol. The van der Waals surface area contributed by atoms with Gasteiger partial charge in [-0.15, -0.1) is 0 Å². The van der Waals surface area contributed by atoms with Crippen molar-refractivity contribution < 1.29 is 4.79 Å². The van der Waals surface area contributed by atoms with Gasteiger partial charge in [0.25, 0.3) is 0 Å². The number of hydrogen-bond acceptors (Lipinski definition) is 4. The van der Waals surface area contributed by atoms with Gasteiger partial charge in [0.2, 0.25) is 5.91 Å². The summed E-state index contributed by atoms with van der Waals surface area (Å²) < 4.78 is 3.15. The molecule has 0 saturated heterocycles. The highest BCUT2D eigenvalue weighted by atomic mass is 16.2. The third-order valence-electron chi connectivity index (χ3n) is 6.00. The van der Waals surface area contributed by atoms with E-state index in [4.69, 9.17) is 0 Å². The Labute approximate surface area is 175 Å². The molecule has 0 bridgehead atoms. The van der Waals surface area contributed by atoms with E-state index in [1.54, 1.807) is 4.57 Å². The van der Waals surface area contributed by atoms with Gasteiger partial charge in [-0.25, -0.2) is 9.48 Å². The molecule has 0 fully saturated rings. The van der Waals surface area contributed by atoms with Crippen LogP contribution >= 0.6 is 0 Å². The molecule has 1 atom stereocenters. The van der Waals surface area contributed by atoms with Crippen molar-refractivity contribution in [2.45, 2.75) is 66.1 Å². The second-order valence-corrected chi connectivity index (χ2v) is 8.21. The summed E-state index contributed by atoms with van der Waals surface area (Å²) in [7, 11) is 0. The van der Waals surface area contributed by atoms with Crippen LogP contribution in [0.15, 0.2) is 23.0 Å². The molecule has 0 saturated carbocycles. The number of carbonyl (C=O) groups excluding carboxylic acids is 1. The molecule has 0 spiro atoms. The number of fused-ring (bicyclic) bond motifs is 1. The molecule has 1 unspecified atom stereocenters. The lowest BCUT2D eigenvalue weighted by Crippen LogP contribution is -2.35. The topological polar surface area (TPSA) is 97.6 Å². The van der Waals surface area contributed by atoms with Crippen LogP contribution in [0.5, 0.6) is 0 Å². The Morgan fingerprint density at radius 2 is 2.07 bits per heavy atom. The van der Waals surface area contributed by atoms with Gasteiger partial charge in [0, 0.05) is 24.3 Å². The zero-order valence-corrected chi connectivity index (χ0v) is 18.0. The first-order valence-corrected chi connectivity index (χ1v) is 10.4. The van der Waals surface area contributed by atoms with Gasteiger partial charge < -0.3 is 5.32 Å². The third-order valence-corrected chi connectivity index (χ3v) is 6.00. The lowest BCUT2D eigenvalue weighted by molar-refractivity contribution is -0.123. The minimum Gasteiger partial charge on any atom is -0.351 e. The van der Waals surface area contributed by atoms with E-state index in [1.165, 1.54) is 4.68 Å². The highest BCUT2D eigenvalue weighted by Crippen LogP contribution is 2.25. The molecule has 30 heavy (non-hydrogen) atoms. The predicted octanol–water partition coefficient (Wildman–Crippen LogP) is 2.24. The Bertz CT molecular complexity index is 1130. The number of carbonyl (C=O) groups is 1. The Balaban J connectivity index is 1.56. The molecule has 0 radical (unpaired) electrons. The predicted molar refractivity (Wildman–Crippen MR) is 113 cm³/mol. The zero-order chi connectivity index (χ0) is 21.4. The molecule has 3 heterocycles. The summed E-state index contributed by atoms with van der Waals surface area (Å²) in [5.41, 5.74) is 6.02. The average Bonchev–Trinajstić information content (AvgIpc) is 3.21. The number of aromatic amines is 1. The Kier molecular flexibility index (Phi) is 5.32. The highest BCUT2D eigenvalue weighted by Gasteiger charge is 2.31. The maximum absolute atomic E-state index is 12.9. The molecule has 158 valence electrons. The minimum atomic E-state index is -0.418. The molecular formula is C22H28N6O2. The SMILES string of the molecule is Cc1ccc(C)c(Cn2nc3n(c2=O)CCCC3C(=O)NCc2c(C)n[nH]c2C)c1. The van der Waals surface area contributed by atoms with E-state index in [1.807, 2.05) is 27.7 Å². The van der Waals surface area contributed by atoms with Gasteiger partial charge in [0.15, 0.2) is 0 Å². The number of nitrogens with one attached hydrogen (secondary N) is 2. The Morgan fingerprint density at radius 1 is 1.27 bits per heavy atom. The van der Waals surface area contributed by atoms with Gasteiger partial charge >= 0.3 is 5.69 Å². The average molecular weight is 409 g/mol. The van der Waals surface area contributed by atoms with Crippen molar-refractivity contribution >= 4 is 5.91 Å². The summed E-state index contributed by atoms with van der Waals surface area (Å²) in [5.74, 6) is 0.0494. The van der Waals surface area contributed by atoms with Crippen molar-refractivity contribution in [3.8, 4) is 0 Å². The molecule has 2 N–H and O–H groups in total. The van der Waals surface area contributed by atoms with E-state index in [2.05, 4.69) is 38.8 Å². The van der Waals surface area contributed by atoms with E-state index in [0.29, 0.717) is 31.9 Å². The maximum Gasteiger partial charge on any atom is 0.346 e. The maximum atomic E-state index is 12.9. The van der Waals surface area contributed by atoms with Crippen molar-refractivity contribution in [3.05, 3.63) is 68.1 Å². The Morgan fingerprint density at radius 3 is 2.80 bits per heavy atom. The molecule has 4 rings (SSSR count). The summed E-state index contributed by atoms with van der Waals surface area (Å²) >= 11 is 0. The smallest absolute Gasteiger partial charge is 0.346 e. The summed E-state index contributed by atoms with van der Waals surface area (Å²) in [6, 6.07) is 6.20. The van der Waals surface area contributed by atoms with Gasteiger partial charge in [-0.1, -0.05) is 23.8 Å². The van der Waals surface area contributed by atoms with Crippen molar-refractivity contribution in [1.29, 1.82) is 0 Å². The molecule has 0 aliphatic carbocycles. The third kappa shape index (κ3) is 3.69. The first-order valence-electron chi connectivity index (χ1n) is 10.4. The number of H-pyrrole nitrogens is 1. The van der Waals surface area contributed by atoms with Crippen LogP contribution < -0.4 is 11.0 Å². The highest BCUT2D eigenvalue weighted by molar-refractivity contribution is 5.82. The fourth-order valence-corrected chi connectivity index (χ4v) is 4.12. The van der Waals surface area contributed by atoms with E-state index in [9.17, 15) is 9.59 Å². The van der Waals surface area contributed by atoms with Gasteiger partial charge in [-0.05, 0) is 51.7 Å². The van der Waals surface area contributed by atoms with E-state index in [-0.39, 0.29) is 11.6 Å². The summed E-state index contributed by atoms with van der Waals surface area (Å²) in [6.45, 7) is 9.35. The summed E-state index contributed by atoms with van der Waals surface area (Å²) in [5, 5.41) is 14.7. The van der Waals surface area contributed by atoms with Gasteiger partial charge in [-0.3, -0.25) is 14.5 Å². The van der Waals surface area contributed by atoms with Crippen LogP contribution in [0.1, 0.15) is 58.2 Å². The van der Waals surface area contributed by atoms with Crippen LogP contribution in [0, 0.1) is 27.7 Å². The quantitative estimate of drug-likeness (QED) is 0.677. The molecule has 2 aromatic heterocycles. The lowest BCUT2D eigenvalue weighted by atomic mass is 9.98. The molecule has 1 aliphatic rings. The number of benzene rings is 1. The number of aryl methyl sites for hydroxylation is 4. The van der Waals surface area contributed by atoms with Gasteiger partial charge in [-0.2, -0.15) is 10.2 Å². The van der Waals surface area contributed by atoms with Crippen LogP contribution in [0.4, 0.5) is 0 Å². The number of amides is 1. The van der Waals surface area contributed by atoms with Crippen LogP contribution in [-0.2, 0) is 24.4 Å². The van der Waals surface area contributed by atoms with Crippen LogP contribution in [-0.4, -0.2) is 30.5 Å². The fourth-order valence-electron chi connectivity index (χ4n) is 4.12. The standard InChI is InChI=1S/C22H28N6O2/c1-13-7-8-14(2)17(10-13)12-28-22(30)27-9-5-6-18(20(27)26-28)21(29)23-11-19-15(3)24-25-16(19)4/h7-8,10,18H,5-6,9,11-12H2,1-4H3,(H,23,29)(H,24,25). The molecule has 8 nitrogen and oxygen atoms in total. The largest absolute Gasteiger partial charge is 0.351 e. The number of hydrogen-bond donors (Lipinski definition) is 2. The minimum absolute atomic E-state index is 0.0974. The molecule has 8 heteroatoms. The molecule has 1 aliphatic heterocycles. The summed E-state index contributed by atoms with van der Waals surface area (Å²) in [4.78, 5) is 25.9. The van der Waals surface area contributed by atoms with Gasteiger partial charge in [0.05, 0.1) is 18.2 Å². The van der Waals surface area contributed by atoms with Crippen molar-refractivity contribution in [2.75, 3.05) is 0 Å². The van der Waals surface area contributed by atoms with Crippen LogP contribution in [0.2, 0.25) is 0 Å². The summed E-state index contributed by atoms with van der Waals surface area (Å²) in [6.07, 6.45) is 1.47. The zero-order valence-electron chi connectivity index (χ0n) is 18.0. The second kappa shape index (κ2) is 7.93. The number of rotatable bonds is 5. The first kappa shape index (κ1) is 20.1. The van der Waals surface area contributed by atoms with Gasteiger partial charge in [0.1, 0.15) is 5.82 Å². The molecule has 1 aromatic carbocycles. The van der Waals surface area contributed by atoms with Crippen LogP contribution in [0.3, 0.4) is 0 Å². The number of aromatic nitrogens is 5. The fraction of sp³-hybridized carbons (Fsp3) is 0.455. The van der Waals surface area contributed by atoms with Crippen molar-refractivity contribution in [2.24, 2.45) is 0 Å². The lowest BCUT2D eigenvalue weighted by Gasteiger charge is -2.21. The van der Waals surface area contributed by atoms with E-state index in [0.717, 1.165) is 40.1 Å². The van der Waals surface area contributed by atoms with Crippen molar-refractivity contribution in [1.82, 2.24) is 29.9 Å². The second-order valence-electron chi connectivity index (χ2n) is 8.21. The first-order chi connectivity index (χ1) is 14.3. The normalized spacial score (nSPS) is 15.8. The molecular weight excluding hydrogens is 380 g/mol. The molecule has 3 aromatic rings.